The number of rotatable bonds is 40. The van der Waals surface area contributed by atoms with Gasteiger partial charge in [-0.25, -0.2) is 0 Å². The number of methoxy groups -OCH3 is 1. The Morgan fingerprint density at radius 1 is 0.473 bits per heavy atom. The van der Waals surface area contributed by atoms with Crippen LogP contribution < -0.4 is 4.74 Å². The number of aliphatic hydroxyl groups is 1. The Balaban J connectivity index is 1.84. The lowest BCUT2D eigenvalue weighted by atomic mass is 9.91. The van der Waals surface area contributed by atoms with Gasteiger partial charge in [0.05, 0.1) is 52.2 Å². The Bertz CT molecular complexity index is 1050. The maximum absolute atomic E-state index is 10.8. The van der Waals surface area contributed by atoms with Crippen LogP contribution in [-0.4, -0.2) is 45.3 Å². The van der Waals surface area contributed by atoms with Gasteiger partial charge in [0.1, 0.15) is 5.75 Å². The smallest absolute Gasteiger partial charge is 0.118 e. The van der Waals surface area contributed by atoms with E-state index in [2.05, 4.69) is 26.0 Å². The van der Waals surface area contributed by atoms with Crippen LogP contribution in [0.4, 0.5) is 0 Å². The van der Waals surface area contributed by atoms with Crippen LogP contribution in [0.1, 0.15) is 192 Å². The van der Waals surface area contributed by atoms with Crippen molar-refractivity contribution in [3.05, 3.63) is 65.7 Å². The number of unbranched alkanes of at least 4 members (excludes halogenated alkanes) is 22. The van der Waals surface area contributed by atoms with Crippen molar-refractivity contribution in [2.24, 2.45) is 11.3 Å². The number of aliphatic hydroxyl groups excluding tert-OH is 1. The van der Waals surface area contributed by atoms with Gasteiger partial charge in [-0.05, 0) is 42.0 Å². The van der Waals surface area contributed by atoms with E-state index in [1.165, 1.54) is 167 Å². The predicted molar refractivity (Wildman–Crippen MR) is 234 cm³/mol. The molecule has 0 aliphatic heterocycles. The number of hydrogen-bond acceptors (Lipinski definition) is 5. The van der Waals surface area contributed by atoms with Crippen molar-refractivity contribution in [2.45, 2.75) is 194 Å². The van der Waals surface area contributed by atoms with E-state index in [1.807, 2.05) is 42.5 Å². The Kier molecular flexibility index (Phi) is 31.6. The third-order valence-corrected chi connectivity index (χ3v) is 11.4. The second kappa shape index (κ2) is 35.3. The molecule has 55 heavy (non-hydrogen) atoms. The fraction of sp³-hybridized carbons (Fsp3) is 0.760. The van der Waals surface area contributed by atoms with Crippen LogP contribution in [0.25, 0.3) is 0 Å². The van der Waals surface area contributed by atoms with Gasteiger partial charge in [-0.15, -0.1) is 0 Å². The Morgan fingerprint density at radius 2 is 0.855 bits per heavy atom. The van der Waals surface area contributed by atoms with Crippen molar-refractivity contribution in [1.29, 1.82) is 0 Å². The minimum absolute atomic E-state index is 0.0491. The summed E-state index contributed by atoms with van der Waals surface area (Å²) in [5.74, 6) is 1.39. The number of hydrogen-bond donors (Lipinski definition) is 1. The van der Waals surface area contributed by atoms with Gasteiger partial charge in [-0.1, -0.05) is 210 Å². The quantitative estimate of drug-likeness (QED) is 0.0685. The van der Waals surface area contributed by atoms with Gasteiger partial charge in [0.25, 0.3) is 0 Å². The molecule has 2 rings (SSSR count). The van der Waals surface area contributed by atoms with E-state index in [9.17, 15) is 5.11 Å². The molecule has 1 N–H and O–H groups in total. The number of benzene rings is 2. The van der Waals surface area contributed by atoms with Crippen LogP contribution in [0.15, 0.2) is 54.6 Å². The van der Waals surface area contributed by atoms with Gasteiger partial charge >= 0.3 is 0 Å². The molecule has 316 valence electrons. The second-order valence-corrected chi connectivity index (χ2v) is 16.7. The molecule has 0 fully saturated rings. The first-order chi connectivity index (χ1) is 27.1. The Morgan fingerprint density at radius 3 is 1.25 bits per heavy atom. The fourth-order valence-electron chi connectivity index (χ4n) is 7.63. The molecule has 5 heteroatoms. The van der Waals surface area contributed by atoms with Crippen LogP contribution >= 0.6 is 0 Å². The van der Waals surface area contributed by atoms with Gasteiger partial charge in [-0.2, -0.15) is 0 Å². The van der Waals surface area contributed by atoms with Crippen molar-refractivity contribution in [3.8, 4) is 5.75 Å². The van der Waals surface area contributed by atoms with Crippen molar-refractivity contribution in [3.63, 3.8) is 0 Å². The summed E-state index contributed by atoms with van der Waals surface area (Å²) in [5, 5.41) is 10.8. The Hall–Kier alpha value is -1.92. The normalized spacial score (nSPS) is 12.7. The van der Waals surface area contributed by atoms with Crippen molar-refractivity contribution in [2.75, 3.05) is 40.1 Å². The maximum Gasteiger partial charge on any atom is 0.118 e. The predicted octanol–water partition coefficient (Wildman–Crippen LogP) is 14.2. The highest BCUT2D eigenvalue weighted by Gasteiger charge is 2.32. The van der Waals surface area contributed by atoms with Crippen LogP contribution in [0, 0.1) is 11.3 Å². The summed E-state index contributed by atoms with van der Waals surface area (Å²) in [7, 11) is 1.68. The topological polar surface area (TPSA) is 57.2 Å². The van der Waals surface area contributed by atoms with Gasteiger partial charge in [-0.3, -0.25) is 0 Å². The minimum Gasteiger partial charge on any atom is -0.497 e. The molecule has 2 aromatic carbocycles. The fourth-order valence-corrected chi connectivity index (χ4v) is 7.63. The molecule has 0 amide bonds. The highest BCUT2D eigenvalue weighted by atomic mass is 16.5. The molecule has 0 radical (unpaired) electrons. The molecule has 0 spiro atoms. The van der Waals surface area contributed by atoms with Crippen LogP contribution in [0.2, 0.25) is 0 Å². The zero-order valence-corrected chi connectivity index (χ0v) is 36.2. The van der Waals surface area contributed by atoms with Crippen molar-refractivity contribution >= 4 is 0 Å². The first-order valence-corrected chi connectivity index (χ1v) is 23.2. The summed E-state index contributed by atoms with van der Waals surface area (Å²) in [5.41, 5.74) is 1.57. The van der Waals surface area contributed by atoms with E-state index < -0.39 is 5.41 Å². The first kappa shape index (κ1) is 49.2. The maximum atomic E-state index is 10.8. The van der Waals surface area contributed by atoms with Gasteiger partial charge in [0.15, 0.2) is 0 Å². The molecule has 2 aromatic rings. The summed E-state index contributed by atoms with van der Waals surface area (Å²) in [6.45, 7) is 7.42. The van der Waals surface area contributed by atoms with Crippen LogP contribution in [-0.2, 0) is 27.4 Å². The molecular formula is C50H86O5. The van der Waals surface area contributed by atoms with Gasteiger partial charge < -0.3 is 24.1 Å². The summed E-state index contributed by atoms with van der Waals surface area (Å²) < 4.78 is 24.4. The SMILES string of the molecule is CCCCCCCCCCCCCCC(CCCCCCCCCCCCCC)COCC(CO)(COCc1ccccc1)COCc1ccc(OC)cc1. The molecule has 1 atom stereocenters. The van der Waals surface area contributed by atoms with Gasteiger partial charge in [0.2, 0.25) is 0 Å². The second-order valence-electron chi connectivity index (χ2n) is 16.7. The third kappa shape index (κ3) is 26.6. The molecular weight excluding hydrogens is 681 g/mol. The van der Waals surface area contributed by atoms with E-state index in [4.69, 9.17) is 18.9 Å². The average Bonchev–Trinajstić information content (AvgIpc) is 3.21. The molecule has 0 heterocycles. The average molecular weight is 767 g/mol. The molecule has 1 unspecified atom stereocenters. The highest BCUT2D eigenvalue weighted by Crippen LogP contribution is 2.25. The van der Waals surface area contributed by atoms with Crippen LogP contribution in [0.5, 0.6) is 5.75 Å². The third-order valence-electron chi connectivity index (χ3n) is 11.4. The molecule has 0 saturated carbocycles. The van der Waals surface area contributed by atoms with E-state index >= 15 is 0 Å². The lowest BCUT2D eigenvalue weighted by Crippen LogP contribution is -2.41. The largest absolute Gasteiger partial charge is 0.497 e. The number of ether oxygens (including phenoxy) is 4. The molecule has 0 aromatic heterocycles. The standard InChI is InChI=1S/C50H86O5/c1-4-6-8-10-12-14-16-18-20-22-24-27-31-46(32-28-25-23-21-19-17-15-13-11-9-7-5-2)39-53-43-50(42-51,44-54-40-47-33-29-26-30-34-47)45-55-41-48-35-37-49(52-3)38-36-48/h26,29-30,33-38,46,51H,4-25,27-28,31-32,39-45H2,1-3H3. The molecule has 0 aliphatic rings. The monoisotopic (exact) mass is 767 g/mol. The zero-order valence-electron chi connectivity index (χ0n) is 36.2. The Labute approximate surface area is 340 Å². The van der Waals surface area contributed by atoms with Crippen molar-refractivity contribution < 1.29 is 24.1 Å². The molecule has 0 saturated heterocycles. The zero-order chi connectivity index (χ0) is 39.3. The summed E-state index contributed by atoms with van der Waals surface area (Å²) in [6, 6.07) is 18.2. The minimum atomic E-state index is -0.627. The molecule has 0 bridgehead atoms. The van der Waals surface area contributed by atoms with E-state index in [1.54, 1.807) is 7.11 Å². The first-order valence-electron chi connectivity index (χ1n) is 23.2. The van der Waals surface area contributed by atoms with E-state index in [-0.39, 0.29) is 6.61 Å². The van der Waals surface area contributed by atoms with E-state index in [0.29, 0.717) is 39.0 Å². The lowest BCUT2D eigenvalue weighted by Gasteiger charge is -2.32. The van der Waals surface area contributed by atoms with Gasteiger partial charge in [0, 0.05) is 6.61 Å². The summed E-state index contributed by atoms with van der Waals surface area (Å²) in [4.78, 5) is 0. The van der Waals surface area contributed by atoms with E-state index in [0.717, 1.165) is 23.5 Å². The lowest BCUT2D eigenvalue weighted by molar-refractivity contribution is -0.103. The summed E-state index contributed by atoms with van der Waals surface area (Å²) >= 11 is 0. The highest BCUT2D eigenvalue weighted by molar-refractivity contribution is 5.26. The summed E-state index contributed by atoms with van der Waals surface area (Å²) in [6.07, 6.45) is 35.7. The van der Waals surface area contributed by atoms with Crippen LogP contribution in [0.3, 0.4) is 0 Å². The van der Waals surface area contributed by atoms with Crippen molar-refractivity contribution in [1.82, 2.24) is 0 Å². The molecule has 5 nitrogen and oxygen atoms in total. The molecule has 0 aliphatic carbocycles.